The zero-order valence-electron chi connectivity index (χ0n) is 8.14. The van der Waals surface area contributed by atoms with Crippen LogP contribution in [0.1, 0.15) is 17.3 Å². The average Bonchev–Trinajstić information content (AvgIpc) is 2.18. The van der Waals surface area contributed by atoms with E-state index in [1.165, 1.54) is 24.3 Å². The van der Waals surface area contributed by atoms with E-state index in [1.54, 1.807) is 19.1 Å². The maximum atomic E-state index is 11.1. The van der Waals surface area contributed by atoms with Gasteiger partial charge >= 0.3 is 11.9 Å². The SMILES string of the molecule is CC=CC(=O)Oc1ccccc1C(=O)O. The summed E-state index contributed by atoms with van der Waals surface area (Å²) in [7, 11) is 0. The molecule has 0 aliphatic heterocycles. The summed E-state index contributed by atoms with van der Waals surface area (Å²) in [6.45, 7) is 1.67. The fourth-order valence-electron chi connectivity index (χ4n) is 1.01. The third-order valence-corrected chi connectivity index (χ3v) is 1.63. The van der Waals surface area contributed by atoms with Crippen LogP contribution in [0, 0.1) is 0 Å². The lowest BCUT2D eigenvalue weighted by Crippen LogP contribution is -2.08. The van der Waals surface area contributed by atoms with Crippen LogP contribution in [0.4, 0.5) is 0 Å². The van der Waals surface area contributed by atoms with Crippen molar-refractivity contribution in [2.24, 2.45) is 0 Å². The highest BCUT2D eigenvalue weighted by Gasteiger charge is 2.11. The molecule has 4 nitrogen and oxygen atoms in total. The van der Waals surface area contributed by atoms with Crippen LogP contribution in [0.15, 0.2) is 36.4 Å². The molecule has 4 heteroatoms. The van der Waals surface area contributed by atoms with Crippen LogP contribution < -0.4 is 4.74 Å². The number of carbonyl (C=O) groups is 2. The monoisotopic (exact) mass is 206 g/mol. The van der Waals surface area contributed by atoms with Gasteiger partial charge in [-0.25, -0.2) is 9.59 Å². The molecule has 1 rings (SSSR count). The Hall–Kier alpha value is -2.10. The third kappa shape index (κ3) is 2.95. The number of carboxylic acids is 1. The Labute approximate surface area is 86.8 Å². The van der Waals surface area contributed by atoms with Crippen molar-refractivity contribution in [2.75, 3.05) is 0 Å². The van der Waals surface area contributed by atoms with Crippen LogP contribution in [0.2, 0.25) is 0 Å². The highest BCUT2D eigenvalue weighted by Crippen LogP contribution is 2.17. The van der Waals surface area contributed by atoms with Crippen LogP contribution in [-0.2, 0) is 4.79 Å². The summed E-state index contributed by atoms with van der Waals surface area (Å²) in [5.41, 5.74) is -0.0321. The van der Waals surface area contributed by atoms with Gasteiger partial charge < -0.3 is 9.84 Å². The predicted octanol–water partition coefficient (Wildman–Crippen LogP) is 1.87. The fraction of sp³-hybridized carbons (Fsp3) is 0.0909. The van der Waals surface area contributed by atoms with Gasteiger partial charge in [-0.1, -0.05) is 18.2 Å². The quantitative estimate of drug-likeness (QED) is 0.465. The van der Waals surface area contributed by atoms with E-state index in [1.807, 2.05) is 0 Å². The van der Waals surface area contributed by atoms with Gasteiger partial charge in [-0.15, -0.1) is 0 Å². The Kier molecular flexibility index (Phi) is 3.62. The highest BCUT2D eigenvalue weighted by atomic mass is 16.5. The lowest BCUT2D eigenvalue weighted by molar-refractivity contribution is -0.129. The first-order valence-electron chi connectivity index (χ1n) is 4.32. The summed E-state index contributed by atoms with van der Waals surface area (Å²) in [5.74, 6) is -1.67. The Bertz CT molecular complexity index is 407. The normalized spacial score (nSPS) is 10.2. The largest absolute Gasteiger partial charge is 0.478 e. The lowest BCUT2D eigenvalue weighted by atomic mass is 10.2. The van der Waals surface area contributed by atoms with E-state index in [0.717, 1.165) is 0 Å². The van der Waals surface area contributed by atoms with Crippen LogP contribution in [0.25, 0.3) is 0 Å². The molecule has 0 radical (unpaired) electrons. The van der Waals surface area contributed by atoms with Crippen molar-refractivity contribution in [2.45, 2.75) is 6.92 Å². The van der Waals surface area contributed by atoms with Crippen LogP contribution in [0.3, 0.4) is 0 Å². The molecule has 0 bridgehead atoms. The van der Waals surface area contributed by atoms with Gasteiger partial charge in [0.1, 0.15) is 11.3 Å². The Balaban J connectivity index is 2.94. The maximum Gasteiger partial charge on any atom is 0.339 e. The number of allylic oxidation sites excluding steroid dienone is 1. The van der Waals surface area contributed by atoms with Gasteiger partial charge in [0.25, 0.3) is 0 Å². The van der Waals surface area contributed by atoms with E-state index in [0.29, 0.717) is 0 Å². The molecule has 15 heavy (non-hydrogen) atoms. The molecule has 0 aromatic heterocycles. The molecule has 0 saturated heterocycles. The molecule has 78 valence electrons. The number of para-hydroxylation sites is 1. The fourth-order valence-corrected chi connectivity index (χ4v) is 1.01. The second kappa shape index (κ2) is 4.95. The van der Waals surface area contributed by atoms with Crippen molar-refractivity contribution < 1.29 is 19.4 Å². The molecule has 1 N–H and O–H groups in total. The molecule has 0 spiro atoms. The number of benzene rings is 1. The zero-order chi connectivity index (χ0) is 11.3. The van der Waals surface area contributed by atoms with Crippen molar-refractivity contribution in [3.05, 3.63) is 42.0 Å². The second-order valence-electron chi connectivity index (χ2n) is 2.72. The first kappa shape index (κ1) is 11.0. The minimum absolute atomic E-state index is 0.0321. The van der Waals surface area contributed by atoms with E-state index in [2.05, 4.69) is 0 Å². The summed E-state index contributed by atoms with van der Waals surface area (Å²) in [4.78, 5) is 21.8. The highest BCUT2D eigenvalue weighted by molar-refractivity contribution is 5.93. The van der Waals surface area contributed by atoms with Gasteiger partial charge in [0.05, 0.1) is 0 Å². The minimum atomic E-state index is -1.13. The van der Waals surface area contributed by atoms with Gasteiger partial charge in [-0.3, -0.25) is 0 Å². The second-order valence-corrected chi connectivity index (χ2v) is 2.72. The van der Waals surface area contributed by atoms with E-state index >= 15 is 0 Å². The molecule has 1 aromatic carbocycles. The molecule has 0 aliphatic carbocycles. The van der Waals surface area contributed by atoms with E-state index < -0.39 is 11.9 Å². The van der Waals surface area contributed by atoms with Crippen molar-refractivity contribution in [1.29, 1.82) is 0 Å². The van der Waals surface area contributed by atoms with E-state index in [9.17, 15) is 9.59 Å². The molecular weight excluding hydrogens is 196 g/mol. The van der Waals surface area contributed by atoms with Crippen molar-refractivity contribution in [3.8, 4) is 5.75 Å². The molecule has 0 saturated carbocycles. The summed E-state index contributed by atoms with van der Waals surface area (Å²) in [6.07, 6.45) is 2.74. The number of esters is 1. The van der Waals surface area contributed by atoms with E-state index in [-0.39, 0.29) is 11.3 Å². The number of ether oxygens (including phenoxy) is 1. The summed E-state index contributed by atoms with van der Waals surface area (Å²) < 4.78 is 4.84. The van der Waals surface area contributed by atoms with Gasteiger partial charge in [0, 0.05) is 6.08 Å². The van der Waals surface area contributed by atoms with Crippen molar-refractivity contribution in [1.82, 2.24) is 0 Å². The summed E-state index contributed by atoms with van der Waals surface area (Å²) in [6, 6.07) is 5.98. The number of aromatic carboxylic acids is 1. The molecule has 0 heterocycles. The molecule has 0 atom stereocenters. The summed E-state index contributed by atoms with van der Waals surface area (Å²) >= 11 is 0. The Morgan fingerprint density at radius 3 is 2.60 bits per heavy atom. The first-order valence-corrected chi connectivity index (χ1v) is 4.32. The van der Waals surface area contributed by atoms with Crippen molar-refractivity contribution in [3.63, 3.8) is 0 Å². The third-order valence-electron chi connectivity index (χ3n) is 1.63. The molecular formula is C11H10O4. The molecule has 1 aromatic rings. The first-order chi connectivity index (χ1) is 7.15. The molecule has 0 unspecified atom stereocenters. The number of hydrogen-bond acceptors (Lipinski definition) is 3. The Morgan fingerprint density at radius 2 is 2.00 bits per heavy atom. The smallest absolute Gasteiger partial charge is 0.339 e. The molecule has 0 fully saturated rings. The lowest BCUT2D eigenvalue weighted by Gasteiger charge is -2.04. The predicted molar refractivity (Wildman–Crippen MR) is 53.9 cm³/mol. The number of carboxylic acid groups (broad SMARTS) is 1. The molecule has 0 amide bonds. The molecule has 0 aliphatic rings. The minimum Gasteiger partial charge on any atom is -0.478 e. The number of carbonyl (C=O) groups excluding carboxylic acids is 1. The number of rotatable bonds is 3. The Morgan fingerprint density at radius 1 is 1.33 bits per heavy atom. The van der Waals surface area contributed by atoms with Gasteiger partial charge in [-0.2, -0.15) is 0 Å². The zero-order valence-corrected chi connectivity index (χ0v) is 8.14. The average molecular weight is 206 g/mol. The van der Waals surface area contributed by atoms with Gasteiger partial charge in [-0.05, 0) is 19.1 Å². The standard InChI is InChI=1S/C11H10O4/c1-2-5-10(12)15-9-7-4-3-6-8(9)11(13)14/h2-7H,1H3,(H,13,14). The topological polar surface area (TPSA) is 63.6 Å². The van der Waals surface area contributed by atoms with E-state index in [4.69, 9.17) is 9.84 Å². The van der Waals surface area contributed by atoms with Gasteiger partial charge in [0.15, 0.2) is 0 Å². The maximum absolute atomic E-state index is 11.1. The van der Waals surface area contributed by atoms with Crippen LogP contribution in [0.5, 0.6) is 5.75 Å². The van der Waals surface area contributed by atoms with Crippen LogP contribution in [-0.4, -0.2) is 17.0 Å². The number of hydrogen-bond donors (Lipinski definition) is 1. The van der Waals surface area contributed by atoms with Crippen molar-refractivity contribution >= 4 is 11.9 Å². The van der Waals surface area contributed by atoms with Gasteiger partial charge in [0.2, 0.25) is 0 Å². The van der Waals surface area contributed by atoms with Crippen LogP contribution >= 0.6 is 0 Å². The summed E-state index contributed by atoms with van der Waals surface area (Å²) in [5, 5.41) is 8.80.